The molecule has 1 aromatic rings. The highest BCUT2D eigenvalue weighted by atomic mass is 79.9. The third kappa shape index (κ3) is 5.69. The van der Waals surface area contributed by atoms with Gasteiger partial charge in [0, 0.05) is 16.1 Å². The highest BCUT2D eigenvalue weighted by Gasteiger charge is 2.08. The molecule has 0 aliphatic rings. The van der Waals surface area contributed by atoms with Gasteiger partial charge >= 0.3 is 0 Å². The molecule has 0 amide bonds. The summed E-state index contributed by atoms with van der Waals surface area (Å²) in [6, 6.07) is 0. The van der Waals surface area contributed by atoms with Crippen LogP contribution in [0.1, 0.15) is 25.3 Å². The topological polar surface area (TPSA) is 25.2 Å². The Balaban J connectivity index is 2.75. The molecule has 1 aromatic heterocycles. The number of halogens is 2. The molecule has 0 saturated heterocycles. The molecule has 0 aliphatic heterocycles. The van der Waals surface area contributed by atoms with Crippen molar-refractivity contribution in [3.05, 3.63) is 39.5 Å². The molecular weight excluding hydrogens is 315 g/mol. The summed E-state index contributed by atoms with van der Waals surface area (Å²) < 4.78 is 12.6. The van der Waals surface area contributed by atoms with Gasteiger partial charge in [0.1, 0.15) is 5.01 Å². The summed E-state index contributed by atoms with van der Waals surface area (Å²) in [4.78, 5) is 8.82. The van der Waals surface area contributed by atoms with E-state index in [1.54, 1.807) is 17.5 Å². The van der Waals surface area contributed by atoms with Crippen LogP contribution in [0.5, 0.6) is 0 Å². The summed E-state index contributed by atoms with van der Waals surface area (Å²) in [6.45, 7) is 4.83. The van der Waals surface area contributed by atoms with Crippen molar-refractivity contribution in [1.82, 2.24) is 4.98 Å². The maximum atomic E-state index is 11.9. The number of aliphatic imine (C=N–C) groups is 1. The van der Waals surface area contributed by atoms with E-state index in [0.29, 0.717) is 23.3 Å². The molecule has 18 heavy (non-hydrogen) atoms. The standard InChI is InChI=1S/C13H16BrFN2S/c1-10(2)9-12(13-17-7-8-18-13)16-6-4-11(14)3-5-15/h3-5,7-8,10H,6,9H2,1-2H3. The zero-order chi connectivity index (χ0) is 13.4. The Morgan fingerprint density at radius 3 is 2.94 bits per heavy atom. The molecule has 0 atom stereocenters. The Kier molecular flexibility index (Phi) is 7.05. The maximum absolute atomic E-state index is 11.9. The Labute approximate surface area is 119 Å². The summed E-state index contributed by atoms with van der Waals surface area (Å²) in [6.07, 6.45) is 6.36. The lowest BCUT2D eigenvalue weighted by Gasteiger charge is -2.05. The second-order valence-corrected chi connectivity index (χ2v) is 5.91. The van der Waals surface area contributed by atoms with Gasteiger partial charge in [0.05, 0.1) is 18.6 Å². The summed E-state index contributed by atoms with van der Waals surface area (Å²) in [5, 5.41) is 2.91. The molecule has 1 rings (SSSR count). The van der Waals surface area contributed by atoms with Crippen LogP contribution in [-0.2, 0) is 0 Å². The van der Waals surface area contributed by atoms with Crippen molar-refractivity contribution < 1.29 is 4.39 Å². The van der Waals surface area contributed by atoms with Crippen LogP contribution in [-0.4, -0.2) is 17.2 Å². The van der Waals surface area contributed by atoms with Crippen molar-refractivity contribution in [2.24, 2.45) is 10.9 Å². The fourth-order valence-corrected chi connectivity index (χ4v) is 2.24. The summed E-state index contributed by atoms with van der Waals surface area (Å²) >= 11 is 4.83. The van der Waals surface area contributed by atoms with E-state index in [1.807, 2.05) is 11.5 Å². The molecule has 0 bridgehead atoms. The smallest absolute Gasteiger partial charge is 0.137 e. The maximum Gasteiger partial charge on any atom is 0.137 e. The number of aromatic nitrogens is 1. The quantitative estimate of drug-likeness (QED) is 0.546. The Morgan fingerprint density at radius 1 is 1.61 bits per heavy atom. The molecular formula is C13H16BrFN2S. The van der Waals surface area contributed by atoms with E-state index in [0.717, 1.165) is 17.1 Å². The number of allylic oxidation sites excluding steroid dienone is 2. The second kappa shape index (κ2) is 8.32. The first-order valence-corrected chi connectivity index (χ1v) is 7.36. The zero-order valence-corrected chi connectivity index (χ0v) is 12.8. The predicted molar refractivity (Wildman–Crippen MR) is 80.2 cm³/mol. The average Bonchev–Trinajstić information content (AvgIpc) is 2.81. The normalized spacial score (nSPS) is 13.8. The number of rotatable bonds is 6. The van der Waals surface area contributed by atoms with Crippen LogP contribution in [0, 0.1) is 5.92 Å². The van der Waals surface area contributed by atoms with Crippen LogP contribution in [0.4, 0.5) is 4.39 Å². The van der Waals surface area contributed by atoms with Crippen molar-refractivity contribution in [2.45, 2.75) is 20.3 Å². The number of nitrogens with zero attached hydrogens (tertiary/aromatic N) is 2. The molecule has 2 nitrogen and oxygen atoms in total. The minimum atomic E-state index is 0.500. The van der Waals surface area contributed by atoms with E-state index in [2.05, 4.69) is 39.8 Å². The van der Waals surface area contributed by atoms with E-state index in [-0.39, 0.29) is 0 Å². The number of thiazole rings is 1. The van der Waals surface area contributed by atoms with E-state index in [4.69, 9.17) is 0 Å². The van der Waals surface area contributed by atoms with Crippen LogP contribution in [0.25, 0.3) is 0 Å². The van der Waals surface area contributed by atoms with Crippen molar-refractivity contribution in [3.8, 4) is 0 Å². The first-order chi connectivity index (χ1) is 8.63. The van der Waals surface area contributed by atoms with Gasteiger partial charge in [-0.2, -0.15) is 0 Å². The van der Waals surface area contributed by atoms with Gasteiger partial charge in [0.25, 0.3) is 0 Å². The molecule has 0 radical (unpaired) electrons. The van der Waals surface area contributed by atoms with Crippen LogP contribution in [0.2, 0.25) is 0 Å². The molecule has 0 aromatic carbocycles. The largest absolute Gasteiger partial charge is 0.282 e. The lowest BCUT2D eigenvalue weighted by Crippen LogP contribution is -2.05. The Hall–Kier alpha value is -0.810. The number of hydrogen-bond donors (Lipinski definition) is 0. The van der Waals surface area contributed by atoms with Crippen LogP contribution in [0.3, 0.4) is 0 Å². The molecule has 0 N–H and O–H groups in total. The SMILES string of the molecule is CC(C)CC(=NCC=C(Br)C=CF)c1nccs1. The van der Waals surface area contributed by atoms with Gasteiger partial charge in [-0.15, -0.1) is 11.3 Å². The predicted octanol–water partition coefficient (Wildman–Crippen LogP) is 4.74. The molecule has 0 unspecified atom stereocenters. The molecule has 5 heteroatoms. The van der Waals surface area contributed by atoms with Gasteiger partial charge in [-0.1, -0.05) is 29.8 Å². The molecule has 1 heterocycles. The third-order valence-electron chi connectivity index (χ3n) is 2.07. The van der Waals surface area contributed by atoms with Gasteiger partial charge in [-0.3, -0.25) is 4.99 Å². The fraction of sp³-hybridized carbons (Fsp3) is 0.385. The van der Waals surface area contributed by atoms with Gasteiger partial charge in [-0.25, -0.2) is 9.37 Å². The van der Waals surface area contributed by atoms with Crippen molar-refractivity contribution in [3.63, 3.8) is 0 Å². The van der Waals surface area contributed by atoms with Gasteiger partial charge < -0.3 is 0 Å². The first kappa shape index (κ1) is 15.2. The van der Waals surface area contributed by atoms with E-state index < -0.39 is 0 Å². The zero-order valence-electron chi connectivity index (χ0n) is 10.4. The van der Waals surface area contributed by atoms with Gasteiger partial charge in [0.2, 0.25) is 0 Å². The van der Waals surface area contributed by atoms with Crippen molar-refractivity contribution in [2.75, 3.05) is 6.54 Å². The van der Waals surface area contributed by atoms with E-state index in [1.165, 1.54) is 6.08 Å². The lowest BCUT2D eigenvalue weighted by atomic mass is 10.1. The van der Waals surface area contributed by atoms with Crippen LogP contribution >= 0.6 is 27.3 Å². The van der Waals surface area contributed by atoms with Crippen LogP contribution < -0.4 is 0 Å². The summed E-state index contributed by atoms with van der Waals surface area (Å²) in [5.74, 6) is 0.533. The Morgan fingerprint density at radius 2 is 2.39 bits per heavy atom. The fourth-order valence-electron chi connectivity index (χ4n) is 1.34. The lowest BCUT2D eigenvalue weighted by molar-refractivity contribution is 0.683. The first-order valence-electron chi connectivity index (χ1n) is 5.69. The highest BCUT2D eigenvalue weighted by molar-refractivity contribution is 9.11. The minimum Gasteiger partial charge on any atom is -0.282 e. The molecule has 98 valence electrons. The monoisotopic (exact) mass is 330 g/mol. The van der Waals surface area contributed by atoms with Crippen LogP contribution in [0.15, 0.2) is 39.5 Å². The summed E-state index contributed by atoms with van der Waals surface area (Å²) in [5.41, 5.74) is 1.01. The summed E-state index contributed by atoms with van der Waals surface area (Å²) in [7, 11) is 0. The molecule has 0 saturated carbocycles. The van der Waals surface area contributed by atoms with E-state index in [9.17, 15) is 4.39 Å². The third-order valence-corrected chi connectivity index (χ3v) is 3.48. The average molecular weight is 331 g/mol. The van der Waals surface area contributed by atoms with Crippen molar-refractivity contribution >= 4 is 33.0 Å². The minimum absolute atomic E-state index is 0.500. The van der Waals surface area contributed by atoms with Gasteiger partial charge in [0.15, 0.2) is 0 Å². The second-order valence-electron chi connectivity index (χ2n) is 4.10. The number of hydrogen-bond acceptors (Lipinski definition) is 3. The van der Waals surface area contributed by atoms with Gasteiger partial charge in [-0.05, 0) is 24.5 Å². The molecule has 0 aliphatic carbocycles. The highest BCUT2D eigenvalue weighted by Crippen LogP contribution is 2.14. The molecule has 0 fully saturated rings. The Bertz CT molecular complexity index is 436. The van der Waals surface area contributed by atoms with E-state index >= 15 is 0 Å². The molecule has 0 spiro atoms. The van der Waals surface area contributed by atoms with Crippen molar-refractivity contribution in [1.29, 1.82) is 0 Å².